The van der Waals surface area contributed by atoms with Crippen molar-refractivity contribution in [3.05, 3.63) is 95.8 Å². The molecule has 2 heterocycles. The first-order valence-electron chi connectivity index (χ1n) is 14.4. The molecule has 1 saturated heterocycles. The third-order valence-corrected chi connectivity index (χ3v) is 8.22. The van der Waals surface area contributed by atoms with Crippen LogP contribution in [0.2, 0.25) is 0 Å². The second-order valence-electron chi connectivity index (χ2n) is 10.5. The molecular formula is C33H31F3N4O4S. The van der Waals surface area contributed by atoms with Gasteiger partial charge in [-0.2, -0.15) is 24.9 Å². The number of piperidine rings is 1. The van der Waals surface area contributed by atoms with Crippen LogP contribution in [0.15, 0.2) is 79.1 Å². The van der Waals surface area contributed by atoms with E-state index in [2.05, 4.69) is 20.2 Å². The zero-order valence-electron chi connectivity index (χ0n) is 24.2. The maximum absolute atomic E-state index is 13.4. The highest BCUT2D eigenvalue weighted by Gasteiger charge is 2.30. The smallest absolute Gasteiger partial charge is 0.416 e. The number of carboxylic acids is 1. The monoisotopic (exact) mass is 636 g/mol. The van der Waals surface area contributed by atoms with E-state index in [0.717, 1.165) is 55.7 Å². The van der Waals surface area contributed by atoms with Gasteiger partial charge in [0.2, 0.25) is 5.88 Å². The molecular weight excluding hydrogens is 605 g/mol. The van der Waals surface area contributed by atoms with Crippen molar-refractivity contribution in [1.29, 1.82) is 0 Å². The first-order chi connectivity index (χ1) is 21.7. The number of ether oxygens (including phenoxy) is 1. The van der Waals surface area contributed by atoms with Crippen LogP contribution < -0.4 is 15.0 Å². The summed E-state index contributed by atoms with van der Waals surface area (Å²) in [6, 6.07) is 18.9. The summed E-state index contributed by atoms with van der Waals surface area (Å²) >= 11 is 1.48. The fourth-order valence-electron chi connectivity index (χ4n) is 4.95. The van der Waals surface area contributed by atoms with Gasteiger partial charge in [-0.25, -0.2) is 9.97 Å². The molecule has 0 spiro atoms. The number of carbonyl (C=O) groups is 2. The van der Waals surface area contributed by atoms with Gasteiger partial charge in [0.05, 0.1) is 23.4 Å². The molecule has 0 unspecified atom stereocenters. The van der Waals surface area contributed by atoms with E-state index in [-0.39, 0.29) is 24.0 Å². The van der Waals surface area contributed by atoms with Crippen molar-refractivity contribution >= 4 is 35.0 Å². The Morgan fingerprint density at radius 1 is 0.956 bits per heavy atom. The van der Waals surface area contributed by atoms with Crippen LogP contribution in [0, 0.1) is 0 Å². The number of halogens is 3. The Bertz CT molecular complexity index is 1660. The van der Waals surface area contributed by atoms with Crippen molar-refractivity contribution in [2.24, 2.45) is 0 Å². The fraction of sp³-hybridized carbons (Fsp3) is 0.273. The predicted molar refractivity (Wildman–Crippen MR) is 168 cm³/mol. The molecule has 0 atom stereocenters. The molecule has 2 N–H and O–H groups in total. The molecule has 0 saturated carbocycles. The number of benzene rings is 3. The lowest BCUT2D eigenvalue weighted by molar-refractivity contribution is -0.138. The molecule has 8 nitrogen and oxygen atoms in total. The molecule has 3 aromatic carbocycles. The molecule has 0 radical (unpaired) electrons. The van der Waals surface area contributed by atoms with E-state index < -0.39 is 17.7 Å². The highest BCUT2D eigenvalue weighted by atomic mass is 32.2. The van der Waals surface area contributed by atoms with E-state index in [9.17, 15) is 22.8 Å². The summed E-state index contributed by atoms with van der Waals surface area (Å²) in [5, 5.41) is 11.9. The van der Waals surface area contributed by atoms with Crippen molar-refractivity contribution in [2.45, 2.75) is 37.6 Å². The number of hydrogen-bond donors (Lipinski definition) is 2. The first kappa shape index (κ1) is 31.8. The van der Waals surface area contributed by atoms with Crippen LogP contribution in [0.25, 0.3) is 11.3 Å². The highest BCUT2D eigenvalue weighted by Crippen LogP contribution is 2.36. The number of rotatable bonds is 11. The molecule has 1 aliphatic heterocycles. The standard InChI is InChI=1S/C33H31F3N4O4S/c34-33(35,36)24-8-5-9-26(17-24)44-30-19-29(37-21-38-30)27-18-25(40-13-2-1-3-14-40)10-11-28(27)39-32(43)23-7-4-6-22(16-23)20-45-15-12-31(41)42/h4-11,16-19,21H,1-3,12-15,20H2,(H,39,43)(H,41,42). The number of aromatic nitrogens is 2. The Kier molecular flexibility index (Phi) is 10.2. The molecule has 1 fully saturated rings. The maximum Gasteiger partial charge on any atom is 0.416 e. The molecule has 5 rings (SSSR count). The van der Waals surface area contributed by atoms with E-state index in [1.165, 1.54) is 36.3 Å². The summed E-state index contributed by atoms with van der Waals surface area (Å²) in [6.07, 6.45) is 0.121. The third-order valence-electron chi connectivity index (χ3n) is 7.19. The molecule has 0 bridgehead atoms. The summed E-state index contributed by atoms with van der Waals surface area (Å²) in [7, 11) is 0. The van der Waals surface area contributed by atoms with Crippen LogP contribution in [0.4, 0.5) is 24.5 Å². The zero-order valence-corrected chi connectivity index (χ0v) is 25.0. The highest BCUT2D eigenvalue weighted by molar-refractivity contribution is 7.98. The molecule has 1 aliphatic rings. The average Bonchev–Trinajstić information content (AvgIpc) is 3.03. The average molecular weight is 637 g/mol. The van der Waals surface area contributed by atoms with Crippen LogP contribution in [-0.4, -0.2) is 45.8 Å². The van der Waals surface area contributed by atoms with Gasteiger partial charge in [0.15, 0.2) is 0 Å². The van der Waals surface area contributed by atoms with Crippen molar-refractivity contribution in [1.82, 2.24) is 9.97 Å². The number of aliphatic carboxylic acids is 1. The van der Waals surface area contributed by atoms with Gasteiger partial charge in [-0.1, -0.05) is 18.2 Å². The minimum absolute atomic E-state index is 0.0222. The lowest BCUT2D eigenvalue weighted by Gasteiger charge is -2.29. The SMILES string of the molecule is O=C(O)CCSCc1cccc(C(=O)Nc2ccc(N3CCCCC3)cc2-c2cc(Oc3cccc(C(F)(F)F)c3)ncn2)c1. The zero-order chi connectivity index (χ0) is 31.8. The number of hydrogen-bond acceptors (Lipinski definition) is 7. The predicted octanol–water partition coefficient (Wildman–Crippen LogP) is 7.91. The van der Waals surface area contributed by atoms with Gasteiger partial charge in [0, 0.05) is 47.5 Å². The van der Waals surface area contributed by atoms with E-state index in [4.69, 9.17) is 9.84 Å². The number of carbonyl (C=O) groups excluding carboxylic acids is 1. The topological polar surface area (TPSA) is 105 Å². The van der Waals surface area contributed by atoms with Crippen LogP contribution >= 0.6 is 11.8 Å². The van der Waals surface area contributed by atoms with Gasteiger partial charge >= 0.3 is 12.1 Å². The molecule has 4 aromatic rings. The van der Waals surface area contributed by atoms with Crippen LogP contribution in [0.5, 0.6) is 11.6 Å². The lowest BCUT2D eigenvalue weighted by Crippen LogP contribution is -2.29. The Morgan fingerprint density at radius 2 is 1.76 bits per heavy atom. The largest absolute Gasteiger partial charge is 0.481 e. The Labute approximate surface area is 262 Å². The lowest BCUT2D eigenvalue weighted by atomic mass is 10.0. The van der Waals surface area contributed by atoms with Gasteiger partial charge < -0.3 is 20.1 Å². The Balaban J connectivity index is 1.41. The maximum atomic E-state index is 13.4. The van der Waals surface area contributed by atoms with Crippen molar-refractivity contribution < 1.29 is 32.6 Å². The molecule has 1 aromatic heterocycles. The van der Waals surface area contributed by atoms with E-state index in [1.54, 1.807) is 18.2 Å². The molecule has 12 heteroatoms. The summed E-state index contributed by atoms with van der Waals surface area (Å²) < 4.78 is 45.4. The van der Waals surface area contributed by atoms with Gasteiger partial charge in [0.25, 0.3) is 5.91 Å². The second kappa shape index (κ2) is 14.5. The Hall–Kier alpha value is -4.58. The quantitative estimate of drug-likeness (QED) is 0.160. The number of carboxylic acid groups (broad SMARTS) is 1. The number of alkyl halides is 3. The Morgan fingerprint density at radius 3 is 2.53 bits per heavy atom. The van der Waals surface area contributed by atoms with Crippen molar-refractivity contribution in [3.63, 3.8) is 0 Å². The van der Waals surface area contributed by atoms with E-state index >= 15 is 0 Å². The van der Waals surface area contributed by atoms with E-state index in [1.807, 2.05) is 24.3 Å². The third kappa shape index (κ3) is 8.75. The van der Waals surface area contributed by atoms with Gasteiger partial charge in [-0.3, -0.25) is 9.59 Å². The number of nitrogens with zero attached hydrogens (tertiary/aromatic N) is 3. The number of anilines is 2. The van der Waals surface area contributed by atoms with Crippen molar-refractivity contribution in [2.75, 3.05) is 29.1 Å². The van der Waals surface area contributed by atoms with Crippen molar-refractivity contribution in [3.8, 4) is 22.9 Å². The molecule has 234 valence electrons. The summed E-state index contributed by atoms with van der Waals surface area (Å²) in [5.41, 5.74) is 2.97. The number of nitrogens with one attached hydrogen (secondary N) is 1. The number of amides is 1. The number of thioether (sulfide) groups is 1. The fourth-order valence-corrected chi connectivity index (χ4v) is 5.83. The molecule has 0 aliphatic carbocycles. The van der Waals surface area contributed by atoms with Crippen LogP contribution in [0.3, 0.4) is 0 Å². The summed E-state index contributed by atoms with van der Waals surface area (Å²) in [6.45, 7) is 1.80. The van der Waals surface area contributed by atoms with Gasteiger partial charge in [-0.05, 0) is 73.4 Å². The van der Waals surface area contributed by atoms with Gasteiger partial charge in [0.1, 0.15) is 12.1 Å². The summed E-state index contributed by atoms with van der Waals surface area (Å²) in [5.74, 6) is -0.125. The molecule has 45 heavy (non-hydrogen) atoms. The summed E-state index contributed by atoms with van der Waals surface area (Å²) in [4.78, 5) is 35.0. The van der Waals surface area contributed by atoms with E-state index in [0.29, 0.717) is 34.0 Å². The minimum Gasteiger partial charge on any atom is -0.481 e. The van der Waals surface area contributed by atoms with Crippen LogP contribution in [0.1, 0.15) is 47.2 Å². The van der Waals surface area contributed by atoms with Crippen LogP contribution in [-0.2, 0) is 16.7 Å². The van der Waals surface area contributed by atoms with Gasteiger partial charge in [-0.15, -0.1) is 0 Å². The minimum atomic E-state index is -4.52. The molecule has 1 amide bonds. The second-order valence-corrected chi connectivity index (χ2v) is 11.6. The first-order valence-corrected chi connectivity index (χ1v) is 15.6. The normalized spacial score (nSPS) is 13.4.